The van der Waals surface area contributed by atoms with Gasteiger partial charge in [-0.1, -0.05) is 6.42 Å². The van der Waals surface area contributed by atoms with Crippen molar-refractivity contribution in [2.75, 3.05) is 24.1 Å². The fraction of sp³-hybridized carbons (Fsp3) is 0.727. The third kappa shape index (κ3) is 1.89. The molecular formula is C11H18N4S. The van der Waals surface area contributed by atoms with E-state index in [1.54, 1.807) is 0 Å². The van der Waals surface area contributed by atoms with Crippen LogP contribution in [0.3, 0.4) is 0 Å². The largest absolute Gasteiger partial charge is 0.383 e. The molecule has 0 bridgehead atoms. The molecular weight excluding hydrogens is 220 g/mol. The van der Waals surface area contributed by atoms with Gasteiger partial charge in [0.25, 0.3) is 0 Å². The molecule has 1 aromatic rings. The lowest BCUT2D eigenvalue weighted by molar-refractivity contribution is 0.193. The first kappa shape index (κ1) is 10.4. The van der Waals surface area contributed by atoms with Crippen LogP contribution in [-0.2, 0) is 0 Å². The third-order valence-corrected chi connectivity index (χ3v) is 4.45. The van der Waals surface area contributed by atoms with E-state index in [-0.39, 0.29) is 0 Å². The van der Waals surface area contributed by atoms with Crippen molar-refractivity contribution in [3.05, 3.63) is 6.07 Å². The lowest BCUT2D eigenvalue weighted by atomic mass is 9.99. The molecule has 0 aromatic carbocycles. The predicted octanol–water partition coefficient (Wildman–Crippen LogP) is 1.76. The van der Waals surface area contributed by atoms with E-state index in [1.807, 2.05) is 6.07 Å². The fourth-order valence-corrected chi connectivity index (χ4v) is 3.59. The van der Waals surface area contributed by atoms with Crippen LogP contribution >= 0.6 is 11.5 Å². The molecule has 5 heteroatoms. The molecule has 3 N–H and O–H groups in total. The lowest BCUT2D eigenvalue weighted by Crippen LogP contribution is -2.41. The summed E-state index contributed by atoms with van der Waals surface area (Å²) in [7, 11) is 0. The van der Waals surface area contributed by atoms with E-state index in [1.165, 1.54) is 50.3 Å². The number of nitrogens with zero attached hydrogens (tertiary/aromatic N) is 2. The molecule has 0 amide bonds. The fourth-order valence-electron chi connectivity index (χ4n) is 2.96. The quantitative estimate of drug-likeness (QED) is 0.824. The minimum absolute atomic E-state index is 0.597. The summed E-state index contributed by atoms with van der Waals surface area (Å²) in [5, 5.41) is 4.72. The van der Waals surface area contributed by atoms with Gasteiger partial charge in [-0.3, -0.25) is 4.90 Å². The third-order valence-electron chi connectivity index (χ3n) is 3.71. The molecule has 16 heavy (non-hydrogen) atoms. The van der Waals surface area contributed by atoms with Gasteiger partial charge >= 0.3 is 0 Å². The number of nitrogen functional groups attached to an aromatic ring is 1. The van der Waals surface area contributed by atoms with Crippen LogP contribution in [0, 0.1) is 0 Å². The highest BCUT2D eigenvalue weighted by Gasteiger charge is 2.35. The molecule has 2 fully saturated rings. The minimum atomic E-state index is 0.597. The average Bonchev–Trinajstić information content (AvgIpc) is 2.87. The zero-order valence-corrected chi connectivity index (χ0v) is 10.2. The van der Waals surface area contributed by atoms with E-state index in [2.05, 4.69) is 14.6 Å². The Kier molecular flexibility index (Phi) is 2.73. The van der Waals surface area contributed by atoms with Gasteiger partial charge in [0.15, 0.2) is 0 Å². The second-order valence-corrected chi connectivity index (χ2v) is 5.56. The normalized spacial score (nSPS) is 30.2. The Bertz CT molecular complexity index is 365. The van der Waals surface area contributed by atoms with Crippen LogP contribution < -0.4 is 11.1 Å². The number of aromatic nitrogens is 1. The van der Waals surface area contributed by atoms with Gasteiger partial charge in [0.1, 0.15) is 10.8 Å². The molecule has 1 aromatic heterocycles. The van der Waals surface area contributed by atoms with Gasteiger partial charge < -0.3 is 11.1 Å². The van der Waals surface area contributed by atoms with Crippen LogP contribution in [-0.4, -0.2) is 34.4 Å². The first-order chi connectivity index (χ1) is 7.83. The standard InChI is InChI=1S/C11H18N4S/c12-10-7-11(16-14-10)13-8-4-6-15-5-2-1-3-9(8)15/h7-9,13H,1-6H2,(H2,12,14). The Morgan fingerprint density at radius 1 is 1.38 bits per heavy atom. The molecule has 2 unspecified atom stereocenters. The van der Waals surface area contributed by atoms with E-state index >= 15 is 0 Å². The Morgan fingerprint density at radius 3 is 3.12 bits per heavy atom. The highest BCUT2D eigenvalue weighted by molar-refractivity contribution is 7.10. The summed E-state index contributed by atoms with van der Waals surface area (Å²) < 4.78 is 4.11. The molecule has 4 nitrogen and oxygen atoms in total. The summed E-state index contributed by atoms with van der Waals surface area (Å²) in [5.41, 5.74) is 5.63. The van der Waals surface area contributed by atoms with E-state index in [9.17, 15) is 0 Å². The van der Waals surface area contributed by atoms with Gasteiger partial charge in [-0.05, 0) is 37.3 Å². The van der Waals surface area contributed by atoms with E-state index in [0.29, 0.717) is 11.9 Å². The number of rotatable bonds is 2. The Hall–Kier alpha value is -0.810. The monoisotopic (exact) mass is 238 g/mol. The highest BCUT2D eigenvalue weighted by Crippen LogP contribution is 2.30. The van der Waals surface area contributed by atoms with Gasteiger partial charge in [-0.15, -0.1) is 0 Å². The van der Waals surface area contributed by atoms with Crippen LogP contribution in [0.1, 0.15) is 25.7 Å². The molecule has 0 aliphatic carbocycles. The molecule has 0 radical (unpaired) electrons. The molecule has 2 atom stereocenters. The molecule has 0 saturated carbocycles. The molecule has 2 saturated heterocycles. The van der Waals surface area contributed by atoms with Crippen molar-refractivity contribution in [3.63, 3.8) is 0 Å². The number of hydrogen-bond acceptors (Lipinski definition) is 5. The Labute approximate surface area is 100.0 Å². The maximum absolute atomic E-state index is 5.63. The summed E-state index contributed by atoms with van der Waals surface area (Å²) in [4.78, 5) is 2.63. The number of anilines is 2. The first-order valence-electron chi connectivity index (χ1n) is 6.06. The molecule has 3 heterocycles. The molecule has 3 rings (SSSR count). The molecule has 2 aliphatic rings. The van der Waals surface area contributed by atoms with Gasteiger partial charge in [-0.25, -0.2) is 0 Å². The second-order valence-electron chi connectivity index (χ2n) is 4.75. The van der Waals surface area contributed by atoms with Gasteiger partial charge in [0.2, 0.25) is 0 Å². The number of fused-ring (bicyclic) bond motifs is 1. The van der Waals surface area contributed by atoms with E-state index < -0.39 is 0 Å². The van der Waals surface area contributed by atoms with Crippen LogP contribution in [0.25, 0.3) is 0 Å². The van der Waals surface area contributed by atoms with Crippen molar-refractivity contribution in [2.45, 2.75) is 37.8 Å². The number of nitrogens with two attached hydrogens (primary N) is 1. The van der Waals surface area contributed by atoms with Crippen LogP contribution in [0.5, 0.6) is 0 Å². The summed E-state index contributed by atoms with van der Waals surface area (Å²) in [6.07, 6.45) is 5.34. The lowest BCUT2D eigenvalue weighted by Gasteiger charge is -2.32. The average molecular weight is 238 g/mol. The van der Waals surface area contributed by atoms with Crippen molar-refractivity contribution in [2.24, 2.45) is 0 Å². The summed E-state index contributed by atoms with van der Waals surface area (Å²) in [5.74, 6) is 0.631. The topological polar surface area (TPSA) is 54.2 Å². The molecule has 0 spiro atoms. The summed E-state index contributed by atoms with van der Waals surface area (Å²) in [6, 6.07) is 3.27. The van der Waals surface area contributed by atoms with Crippen LogP contribution in [0.15, 0.2) is 6.07 Å². The minimum Gasteiger partial charge on any atom is -0.383 e. The molecule has 2 aliphatic heterocycles. The zero-order chi connectivity index (χ0) is 11.0. The van der Waals surface area contributed by atoms with E-state index in [0.717, 1.165) is 11.0 Å². The van der Waals surface area contributed by atoms with Crippen molar-refractivity contribution >= 4 is 22.4 Å². The van der Waals surface area contributed by atoms with Crippen molar-refractivity contribution in [1.29, 1.82) is 0 Å². The second kappa shape index (κ2) is 4.22. The van der Waals surface area contributed by atoms with Crippen LogP contribution in [0.2, 0.25) is 0 Å². The zero-order valence-electron chi connectivity index (χ0n) is 9.35. The predicted molar refractivity (Wildman–Crippen MR) is 67.8 cm³/mol. The summed E-state index contributed by atoms with van der Waals surface area (Å²) >= 11 is 1.47. The first-order valence-corrected chi connectivity index (χ1v) is 6.83. The number of hydrogen-bond donors (Lipinski definition) is 2. The number of nitrogens with one attached hydrogen (secondary N) is 1. The van der Waals surface area contributed by atoms with Gasteiger partial charge in [0, 0.05) is 24.7 Å². The van der Waals surface area contributed by atoms with Crippen molar-refractivity contribution in [3.8, 4) is 0 Å². The van der Waals surface area contributed by atoms with Gasteiger partial charge in [0.05, 0.1) is 0 Å². The summed E-state index contributed by atoms with van der Waals surface area (Å²) in [6.45, 7) is 2.53. The van der Waals surface area contributed by atoms with Crippen molar-refractivity contribution < 1.29 is 0 Å². The van der Waals surface area contributed by atoms with Crippen molar-refractivity contribution in [1.82, 2.24) is 9.27 Å². The Morgan fingerprint density at radius 2 is 2.31 bits per heavy atom. The maximum atomic E-state index is 5.63. The van der Waals surface area contributed by atoms with Gasteiger partial charge in [-0.2, -0.15) is 4.37 Å². The highest BCUT2D eigenvalue weighted by atomic mass is 32.1. The maximum Gasteiger partial charge on any atom is 0.139 e. The Balaban J connectivity index is 1.67. The number of piperidine rings is 1. The molecule has 88 valence electrons. The SMILES string of the molecule is Nc1cc(NC2CCN3CCCCC23)sn1. The van der Waals surface area contributed by atoms with Crippen LogP contribution in [0.4, 0.5) is 10.8 Å². The van der Waals surface area contributed by atoms with E-state index in [4.69, 9.17) is 5.73 Å². The smallest absolute Gasteiger partial charge is 0.139 e.